The molecule has 0 spiro atoms. The molecule has 0 aliphatic rings. The second kappa shape index (κ2) is 7.83. The summed E-state index contributed by atoms with van der Waals surface area (Å²) in [6, 6.07) is 11.0. The summed E-state index contributed by atoms with van der Waals surface area (Å²) in [6.07, 6.45) is 4.14. The first-order valence-corrected chi connectivity index (χ1v) is 6.74. The highest BCUT2D eigenvalue weighted by molar-refractivity contribution is 5.83. The van der Waals surface area contributed by atoms with Crippen molar-refractivity contribution in [2.75, 3.05) is 7.11 Å². The molecule has 2 rings (SSSR count). The van der Waals surface area contributed by atoms with Crippen LogP contribution in [0.3, 0.4) is 0 Å². The van der Waals surface area contributed by atoms with Gasteiger partial charge in [-0.2, -0.15) is 0 Å². The van der Waals surface area contributed by atoms with E-state index >= 15 is 0 Å². The molecular weight excluding hydrogens is 282 g/mol. The van der Waals surface area contributed by atoms with Crippen LogP contribution in [0.1, 0.15) is 11.1 Å². The second-order valence-electron chi connectivity index (χ2n) is 4.48. The lowest BCUT2D eigenvalue weighted by atomic mass is 10.2. The molecule has 0 radical (unpaired) electrons. The van der Waals surface area contributed by atoms with E-state index in [1.54, 1.807) is 18.3 Å². The zero-order valence-corrected chi connectivity index (χ0v) is 12.5. The summed E-state index contributed by atoms with van der Waals surface area (Å²) in [7, 11) is 1.46. The molecule has 0 saturated heterocycles. The van der Waals surface area contributed by atoms with Crippen LogP contribution >= 0.6 is 0 Å². The third kappa shape index (κ3) is 4.34. The number of ether oxygens (including phenoxy) is 3. The molecule has 2 aromatic rings. The van der Waals surface area contributed by atoms with Gasteiger partial charge in [0.25, 0.3) is 0 Å². The van der Waals surface area contributed by atoms with Crippen LogP contribution < -0.4 is 9.47 Å². The van der Waals surface area contributed by atoms with Gasteiger partial charge in [-0.15, -0.1) is 0 Å². The number of hydrogen-bond donors (Lipinski definition) is 0. The predicted molar refractivity (Wildman–Crippen MR) is 81.5 cm³/mol. The van der Waals surface area contributed by atoms with Crippen LogP contribution in [0.4, 0.5) is 0 Å². The Morgan fingerprint density at radius 2 is 2.05 bits per heavy atom. The molecule has 1 aromatic carbocycles. The molecule has 0 aliphatic heterocycles. The second-order valence-corrected chi connectivity index (χ2v) is 4.48. The number of esters is 1. The Morgan fingerprint density at radius 1 is 1.23 bits per heavy atom. The normalized spacial score (nSPS) is 10.5. The fourth-order valence-corrected chi connectivity index (χ4v) is 1.76. The number of carbonyl (C=O) groups is 1. The van der Waals surface area contributed by atoms with E-state index < -0.39 is 5.97 Å². The first-order valence-electron chi connectivity index (χ1n) is 6.74. The molecule has 0 fully saturated rings. The monoisotopic (exact) mass is 299 g/mol. The zero-order valence-electron chi connectivity index (χ0n) is 12.5. The molecule has 1 heterocycles. The smallest absolute Gasteiger partial charge is 0.339 e. The first kappa shape index (κ1) is 15.6. The van der Waals surface area contributed by atoms with E-state index in [1.807, 2.05) is 31.2 Å². The molecule has 0 unspecified atom stereocenters. The van der Waals surface area contributed by atoms with Crippen molar-refractivity contribution >= 4 is 5.97 Å². The van der Waals surface area contributed by atoms with Crippen molar-refractivity contribution < 1.29 is 19.0 Å². The molecule has 0 aliphatic carbocycles. The van der Waals surface area contributed by atoms with Crippen LogP contribution in [-0.4, -0.2) is 18.1 Å². The van der Waals surface area contributed by atoms with Crippen molar-refractivity contribution in [1.82, 2.24) is 4.98 Å². The van der Waals surface area contributed by atoms with Crippen molar-refractivity contribution in [3.8, 4) is 11.6 Å². The van der Waals surface area contributed by atoms with Crippen LogP contribution in [0.5, 0.6) is 11.6 Å². The third-order valence-electron chi connectivity index (χ3n) is 2.85. The maximum absolute atomic E-state index is 11.6. The van der Waals surface area contributed by atoms with Gasteiger partial charge in [-0.05, 0) is 19.1 Å². The van der Waals surface area contributed by atoms with Crippen molar-refractivity contribution in [1.29, 1.82) is 0 Å². The number of para-hydroxylation sites is 1. The van der Waals surface area contributed by atoms with Crippen molar-refractivity contribution in [2.45, 2.75) is 13.5 Å². The zero-order chi connectivity index (χ0) is 15.8. The minimum atomic E-state index is -0.511. The standard InChI is InChI=1S/C17H17NO4/c1-13-6-5-10-18-17(13)21-12-14-7-3-4-8-15(14)22-16(19)9-11-20-2/h3-11H,12H2,1-2H3. The lowest BCUT2D eigenvalue weighted by Gasteiger charge is -2.11. The molecule has 1 aromatic heterocycles. The van der Waals surface area contributed by atoms with Gasteiger partial charge in [-0.1, -0.05) is 24.3 Å². The first-order chi connectivity index (χ1) is 10.7. The molecule has 22 heavy (non-hydrogen) atoms. The quantitative estimate of drug-likeness (QED) is 0.355. The average molecular weight is 299 g/mol. The maximum Gasteiger partial charge on any atom is 0.339 e. The number of benzene rings is 1. The summed E-state index contributed by atoms with van der Waals surface area (Å²) in [5.74, 6) is 0.494. The molecule has 5 nitrogen and oxygen atoms in total. The Hall–Kier alpha value is -2.82. The molecule has 114 valence electrons. The summed E-state index contributed by atoms with van der Waals surface area (Å²) in [5.41, 5.74) is 1.70. The number of methoxy groups -OCH3 is 1. The van der Waals surface area contributed by atoms with Crippen LogP contribution in [0, 0.1) is 6.92 Å². The lowest BCUT2D eigenvalue weighted by molar-refractivity contribution is -0.129. The minimum absolute atomic E-state index is 0.259. The number of pyridine rings is 1. The summed E-state index contributed by atoms with van der Waals surface area (Å²) >= 11 is 0. The molecule has 0 atom stereocenters. The van der Waals surface area contributed by atoms with Gasteiger partial charge in [-0.3, -0.25) is 0 Å². The number of carbonyl (C=O) groups excluding carboxylic acids is 1. The Bertz CT molecular complexity index is 667. The summed E-state index contributed by atoms with van der Waals surface area (Å²) < 4.78 is 15.6. The number of hydrogen-bond acceptors (Lipinski definition) is 5. The van der Waals surface area contributed by atoms with Gasteiger partial charge < -0.3 is 14.2 Å². The van der Waals surface area contributed by atoms with Crippen LogP contribution in [0.15, 0.2) is 54.9 Å². The van der Waals surface area contributed by atoms with Crippen LogP contribution in [-0.2, 0) is 16.1 Å². The SMILES string of the molecule is COC=CC(=O)Oc1ccccc1COc1ncccc1C. The maximum atomic E-state index is 11.6. The van der Waals surface area contributed by atoms with E-state index in [0.29, 0.717) is 11.6 Å². The highest BCUT2D eigenvalue weighted by Gasteiger charge is 2.08. The molecule has 0 bridgehead atoms. The molecular formula is C17H17NO4. The average Bonchev–Trinajstić information content (AvgIpc) is 2.53. The highest BCUT2D eigenvalue weighted by Crippen LogP contribution is 2.21. The van der Waals surface area contributed by atoms with Gasteiger partial charge in [-0.25, -0.2) is 9.78 Å². The van der Waals surface area contributed by atoms with Crippen molar-refractivity contribution in [2.24, 2.45) is 0 Å². The van der Waals surface area contributed by atoms with Crippen molar-refractivity contribution in [3.63, 3.8) is 0 Å². The van der Waals surface area contributed by atoms with Gasteiger partial charge >= 0.3 is 5.97 Å². The summed E-state index contributed by atoms with van der Waals surface area (Å²) in [6.45, 7) is 2.18. The Kier molecular flexibility index (Phi) is 5.54. The third-order valence-corrected chi connectivity index (χ3v) is 2.85. The number of rotatable bonds is 6. The number of aromatic nitrogens is 1. The Balaban J connectivity index is 2.07. The number of aryl methyl sites for hydroxylation is 1. The van der Waals surface area contributed by atoms with E-state index in [2.05, 4.69) is 9.72 Å². The van der Waals surface area contributed by atoms with Gasteiger partial charge in [0.05, 0.1) is 19.4 Å². The predicted octanol–water partition coefficient (Wildman–Crippen LogP) is 3.03. The minimum Gasteiger partial charge on any atom is -0.504 e. The highest BCUT2D eigenvalue weighted by atomic mass is 16.5. The van der Waals surface area contributed by atoms with E-state index in [1.165, 1.54) is 19.4 Å². The van der Waals surface area contributed by atoms with E-state index in [9.17, 15) is 4.79 Å². The Morgan fingerprint density at radius 3 is 2.82 bits per heavy atom. The van der Waals surface area contributed by atoms with Gasteiger partial charge in [0.2, 0.25) is 5.88 Å². The number of nitrogens with zero attached hydrogens (tertiary/aromatic N) is 1. The molecule has 0 amide bonds. The van der Waals surface area contributed by atoms with Gasteiger partial charge in [0.1, 0.15) is 12.4 Å². The van der Waals surface area contributed by atoms with E-state index in [0.717, 1.165) is 11.1 Å². The fourth-order valence-electron chi connectivity index (χ4n) is 1.76. The van der Waals surface area contributed by atoms with Gasteiger partial charge in [0.15, 0.2) is 0 Å². The molecule has 0 saturated carbocycles. The summed E-state index contributed by atoms with van der Waals surface area (Å²) in [4.78, 5) is 15.8. The fraction of sp³-hybridized carbons (Fsp3) is 0.176. The van der Waals surface area contributed by atoms with Crippen molar-refractivity contribution in [3.05, 3.63) is 66.1 Å². The van der Waals surface area contributed by atoms with Crippen LogP contribution in [0.25, 0.3) is 0 Å². The van der Waals surface area contributed by atoms with Crippen LogP contribution in [0.2, 0.25) is 0 Å². The van der Waals surface area contributed by atoms with Gasteiger partial charge in [0, 0.05) is 17.3 Å². The topological polar surface area (TPSA) is 57.7 Å². The summed E-state index contributed by atoms with van der Waals surface area (Å²) in [5, 5.41) is 0. The molecule has 0 N–H and O–H groups in total. The largest absolute Gasteiger partial charge is 0.504 e. The molecule has 5 heteroatoms. The lowest BCUT2D eigenvalue weighted by Crippen LogP contribution is -2.07. The van der Waals surface area contributed by atoms with E-state index in [4.69, 9.17) is 9.47 Å². The van der Waals surface area contributed by atoms with E-state index in [-0.39, 0.29) is 6.61 Å². The Labute approximate surface area is 129 Å².